The first-order valence-corrected chi connectivity index (χ1v) is 21.0. The second kappa shape index (κ2) is 11.8. The van der Waals surface area contributed by atoms with Crippen molar-refractivity contribution >= 4 is 60.1 Å². The highest BCUT2D eigenvalue weighted by molar-refractivity contribution is 6.10. The molecule has 0 N–H and O–H groups in total. The SMILES string of the molecule is CC1(C)C2=C(c3ccccc31)C1CC1(C(c1ccc(-c3ccc4c(c3)oc3cc(-n5c6ccccc6c6ccccc65)ccc34)cc1)c1ccc3ccccc3c1)C=C2. The van der Waals surface area contributed by atoms with E-state index < -0.39 is 0 Å². The number of para-hydroxylation sites is 2. The molecule has 8 aromatic carbocycles. The third kappa shape index (κ3) is 4.63. The van der Waals surface area contributed by atoms with Gasteiger partial charge in [-0.1, -0.05) is 159 Å². The average molecular weight is 756 g/mol. The summed E-state index contributed by atoms with van der Waals surface area (Å²) in [4.78, 5) is 0. The minimum Gasteiger partial charge on any atom is -0.456 e. The maximum absolute atomic E-state index is 6.68. The standard InChI is InChI=1S/C57H41NO/c1-56(2)47-16-8-5-15-46(47)54-48(56)29-30-57(34-49(54)57)55(40-24-21-35-11-3-4-12-38(35)31-40)37-22-19-36(20-23-37)39-25-27-44-45-28-26-41(33-53(45)59-52(44)32-39)58-50-17-9-6-13-42(50)43-14-7-10-18-51(43)58/h3-33,49,55H,34H2,1-2H3. The number of nitrogens with zero attached hydrogens (tertiary/aromatic N) is 1. The van der Waals surface area contributed by atoms with Gasteiger partial charge in [0.05, 0.1) is 11.0 Å². The van der Waals surface area contributed by atoms with Gasteiger partial charge in [-0.25, -0.2) is 0 Å². The van der Waals surface area contributed by atoms with Crippen molar-refractivity contribution in [3.8, 4) is 16.8 Å². The molecular weight excluding hydrogens is 715 g/mol. The fraction of sp³-hybridized carbons (Fsp3) is 0.123. The molecule has 3 aliphatic rings. The third-order valence-corrected chi connectivity index (χ3v) is 14.3. The van der Waals surface area contributed by atoms with E-state index in [0.29, 0.717) is 5.92 Å². The second-order valence-corrected chi connectivity index (χ2v) is 17.7. The summed E-state index contributed by atoms with van der Waals surface area (Å²) in [5.74, 6) is 0.724. The second-order valence-electron chi connectivity index (χ2n) is 17.7. The number of furan rings is 1. The Kier molecular flexibility index (Phi) is 6.64. The summed E-state index contributed by atoms with van der Waals surface area (Å²) in [5.41, 5.74) is 16.5. The fourth-order valence-corrected chi connectivity index (χ4v) is 11.4. The summed E-state index contributed by atoms with van der Waals surface area (Å²) in [5, 5.41) is 7.38. The molecule has 59 heavy (non-hydrogen) atoms. The summed E-state index contributed by atoms with van der Waals surface area (Å²) < 4.78 is 9.03. The van der Waals surface area contributed by atoms with E-state index in [9.17, 15) is 0 Å². The van der Waals surface area contributed by atoms with E-state index in [4.69, 9.17) is 4.42 Å². The molecule has 2 heterocycles. The molecule has 2 nitrogen and oxygen atoms in total. The van der Waals surface area contributed by atoms with Crippen LogP contribution in [0.1, 0.15) is 48.4 Å². The van der Waals surface area contributed by atoms with E-state index in [0.717, 1.165) is 39.6 Å². The zero-order chi connectivity index (χ0) is 39.0. The largest absolute Gasteiger partial charge is 0.456 e. The van der Waals surface area contributed by atoms with E-state index in [1.54, 1.807) is 5.57 Å². The highest BCUT2D eigenvalue weighted by Gasteiger charge is 2.63. The molecule has 1 saturated carbocycles. The molecular formula is C57H41NO. The minimum atomic E-state index is 0.0207. The minimum absolute atomic E-state index is 0.0207. The summed E-state index contributed by atoms with van der Waals surface area (Å²) in [7, 11) is 0. The maximum atomic E-state index is 6.68. The van der Waals surface area contributed by atoms with Crippen LogP contribution in [0.4, 0.5) is 0 Å². The Morgan fingerprint density at radius 1 is 0.559 bits per heavy atom. The molecule has 3 aliphatic carbocycles. The van der Waals surface area contributed by atoms with Crippen molar-refractivity contribution < 1.29 is 4.42 Å². The first kappa shape index (κ1) is 33.1. The molecule has 0 saturated heterocycles. The number of allylic oxidation sites excluding steroid dienone is 4. The van der Waals surface area contributed by atoms with Gasteiger partial charge in [-0.2, -0.15) is 0 Å². The number of hydrogen-bond donors (Lipinski definition) is 0. The maximum Gasteiger partial charge on any atom is 0.137 e. The molecule has 0 radical (unpaired) electrons. The number of fused-ring (bicyclic) bond motifs is 11. The van der Waals surface area contributed by atoms with Gasteiger partial charge in [0.2, 0.25) is 0 Å². The van der Waals surface area contributed by atoms with Crippen molar-refractivity contribution in [1.29, 1.82) is 0 Å². The van der Waals surface area contributed by atoms with E-state index in [2.05, 4.69) is 206 Å². The lowest BCUT2D eigenvalue weighted by molar-refractivity contribution is 0.526. The van der Waals surface area contributed by atoms with Crippen LogP contribution in [0.25, 0.3) is 76.9 Å². The van der Waals surface area contributed by atoms with Crippen LogP contribution >= 0.6 is 0 Å². The zero-order valence-corrected chi connectivity index (χ0v) is 33.1. The molecule has 2 heteroatoms. The van der Waals surface area contributed by atoms with Crippen LogP contribution in [0.3, 0.4) is 0 Å². The Hall–Kier alpha value is -6.90. The lowest BCUT2D eigenvalue weighted by atomic mass is 9.71. The van der Waals surface area contributed by atoms with Gasteiger partial charge in [0.25, 0.3) is 0 Å². The Morgan fingerprint density at radius 3 is 2.00 bits per heavy atom. The molecule has 10 aromatic rings. The van der Waals surface area contributed by atoms with Gasteiger partial charge in [-0.15, -0.1) is 0 Å². The van der Waals surface area contributed by atoms with E-state index in [-0.39, 0.29) is 16.7 Å². The van der Waals surface area contributed by atoms with E-state index in [1.807, 2.05) is 0 Å². The molecule has 280 valence electrons. The van der Waals surface area contributed by atoms with Gasteiger partial charge >= 0.3 is 0 Å². The first-order chi connectivity index (χ1) is 29.0. The van der Waals surface area contributed by atoms with Gasteiger partial charge in [0.15, 0.2) is 0 Å². The van der Waals surface area contributed by atoms with Gasteiger partial charge in [-0.05, 0) is 104 Å². The zero-order valence-electron chi connectivity index (χ0n) is 33.1. The number of rotatable bonds is 5. The van der Waals surface area contributed by atoms with Crippen LogP contribution in [0, 0.1) is 11.3 Å². The van der Waals surface area contributed by atoms with Crippen molar-refractivity contribution in [1.82, 2.24) is 4.57 Å². The van der Waals surface area contributed by atoms with Gasteiger partial charge in [0, 0.05) is 50.0 Å². The van der Waals surface area contributed by atoms with E-state index in [1.165, 1.54) is 66.0 Å². The van der Waals surface area contributed by atoms with Crippen LogP contribution in [-0.2, 0) is 5.41 Å². The number of hydrogen-bond acceptors (Lipinski definition) is 1. The van der Waals surface area contributed by atoms with Crippen molar-refractivity contribution in [2.75, 3.05) is 0 Å². The van der Waals surface area contributed by atoms with Crippen LogP contribution in [0.15, 0.2) is 198 Å². The summed E-state index contributed by atoms with van der Waals surface area (Å²) >= 11 is 0. The highest BCUT2D eigenvalue weighted by Crippen LogP contribution is 2.73. The molecule has 3 unspecified atom stereocenters. The Bertz CT molecular complexity index is 3410. The lowest BCUT2D eigenvalue weighted by Crippen LogP contribution is -2.21. The first-order valence-electron chi connectivity index (χ1n) is 21.0. The molecule has 3 atom stereocenters. The third-order valence-electron chi connectivity index (χ3n) is 14.3. The average Bonchev–Trinajstić information content (AvgIpc) is 3.66. The van der Waals surface area contributed by atoms with Crippen LogP contribution in [0.2, 0.25) is 0 Å². The predicted octanol–water partition coefficient (Wildman–Crippen LogP) is 15.0. The van der Waals surface area contributed by atoms with Crippen molar-refractivity contribution in [3.05, 3.63) is 216 Å². The Morgan fingerprint density at radius 2 is 1.20 bits per heavy atom. The summed E-state index contributed by atoms with van der Waals surface area (Å²) in [6.45, 7) is 4.81. The molecule has 0 bridgehead atoms. The molecule has 13 rings (SSSR count). The van der Waals surface area contributed by atoms with E-state index >= 15 is 0 Å². The summed E-state index contributed by atoms with van der Waals surface area (Å²) in [6, 6.07) is 65.2. The fourth-order valence-electron chi connectivity index (χ4n) is 11.4. The van der Waals surface area contributed by atoms with Crippen LogP contribution in [-0.4, -0.2) is 4.57 Å². The molecule has 0 spiro atoms. The number of benzene rings is 8. The van der Waals surface area contributed by atoms with Gasteiger partial charge in [0.1, 0.15) is 11.2 Å². The van der Waals surface area contributed by atoms with Crippen LogP contribution in [0.5, 0.6) is 0 Å². The lowest BCUT2D eigenvalue weighted by Gasteiger charge is -2.31. The van der Waals surface area contributed by atoms with Crippen molar-refractivity contribution in [2.24, 2.45) is 11.3 Å². The van der Waals surface area contributed by atoms with Crippen molar-refractivity contribution in [2.45, 2.75) is 31.6 Å². The molecule has 1 fully saturated rings. The molecule has 0 aliphatic heterocycles. The van der Waals surface area contributed by atoms with Gasteiger partial charge in [-0.3, -0.25) is 0 Å². The summed E-state index contributed by atoms with van der Waals surface area (Å²) in [6.07, 6.45) is 6.25. The predicted molar refractivity (Wildman–Crippen MR) is 245 cm³/mol. The Balaban J connectivity index is 0.883. The Labute approximate surface area is 343 Å². The topological polar surface area (TPSA) is 18.1 Å². The smallest absolute Gasteiger partial charge is 0.137 e. The highest BCUT2D eigenvalue weighted by atomic mass is 16.3. The quantitative estimate of drug-likeness (QED) is 0.171. The van der Waals surface area contributed by atoms with Gasteiger partial charge < -0.3 is 8.98 Å². The monoisotopic (exact) mass is 755 g/mol. The number of aromatic nitrogens is 1. The van der Waals surface area contributed by atoms with Crippen LogP contribution < -0.4 is 0 Å². The molecule has 0 amide bonds. The van der Waals surface area contributed by atoms with Crippen molar-refractivity contribution in [3.63, 3.8) is 0 Å². The normalized spacial score (nSPS) is 19.5. The molecule has 2 aromatic heterocycles.